The molecule has 0 heterocycles. The van der Waals surface area contributed by atoms with Crippen LogP contribution in [0.15, 0.2) is 42.5 Å². The molecule has 0 saturated carbocycles. The van der Waals surface area contributed by atoms with Crippen molar-refractivity contribution in [2.75, 3.05) is 7.11 Å². The third-order valence-electron chi connectivity index (χ3n) is 2.53. The van der Waals surface area contributed by atoms with Crippen molar-refractivity contribution in [1.29, 1.82) is 0 Å². The third kappa shape index (κ3) is 2.36. The van der Waals surface area contributed by atoms with E-state index in [0.29, 0.717) is 16.3 Å². The van der Waals surface area contributed by atoms with Gasteiger partial charge >= 0.3 is 0 Å². The van der Waals surface area contributed by atoms with Crippen molar-refractivity contribution >= 4 is 17.4 Å². The number of halogens is 2. The van der Waals surface area contributed by atoms with Crippen LogP contribution in [0.3, 0.4) is 0 Å². The molecular weight excluding hydrogens is 255 g/mol. The normalized spacial score (nSPS) is 10.2. The van der Waals surface area contributed by atoms with E-state index in [9.17, 15) is 9.18 Å². The molecule has 0 fully saturated rings. The van der Waals surface area contributed by atoms with E-state index in [4.69, 9.17) is 16.3 Å². The van der Waals surface area contributed by atoms with Gasteiger partial charge in [0.25, 0.3) is 0 Å². The summed E-state index contributed by atoms with van der Waals surface area (Å²) in [5, 5.41) is 0.319. The molecule has 0 unspecified atom stereocenters. The number of rotatable bonds is 3. The quantitative estimate of drug-likeness (QED) is 0.790. The van der Waals surface area contributed by atoms with Gasteiger partial charge in [-0.3, -0.25) is 4.79 Å². The van der Waals surface area contributed by atoms with Crippen molar-refractivity contribution in [3.05, 3.63) is 64.4 Å². The Morgan fingerprint density at radius 2 is 1.94 bits per heavy atom. The maximum absolute atomic E-state index is 13.5. The average Bonchev–Trinajstić information content (AvgIpc) is 2.38. The van der Waals surface area contributed by atoms with Gasteiger partial charge in [-0.1, -0.05) is 23.7 Å². The van der Waals surface area contributed by atoms with Gasteiger partial charge in [-0.2, -0.15) is 0 Å². The monoisotopic (exact) mass is 264 g/mol. The molecule has 0 amide bonds. The fraction of sp³-hybridized carbons (Fsp3) is 0.0714. The van der Waals surface area contributed by atoms with Gasteiger partial charge < -0.3 is 4.74 Å². The van der Waals surface area contributed by atoms with Gasteiger partial charge in [0.1, 0.15) is 11.6 Å². The number of hydrogen-bond donors (Lipinski definition) is 0. The molecule has 0 aliphatic heterocycles. The molecule has 0 aromatic heterocycles. The van der Waals surface area contributed by atoms with E-state index in [1.165, 1.54) is 31.4 Å². The highest BCUT2D eigenvalue weighted by Crippen LogP contribution is 2.26. The summed E-state index contributed by atoms with van der Waals surface area (Å²) < 4.78 is 18.5. The third-order valence-corrected chi connectivity index (χ3v) is 2.83. The lowest BCUT2D eigenvalue weighted by Gasteiger charge is -2.06. The van der Waals surface area contributed by atoms with Crippen molar-refractivity contribution in [2.45, 2.75) is 0 Å². The zero-order chi connectivity index (χ0) is 13.1. The van der Waals surface area contributed by atoms with E-state index in [1.807, 2.05) is 0 Å². The molecule has 4 heteroatoms. The van der Waals surface area contributed by atoms with Gasteiger partial charge in [-0.25, -0.2) is 4.39 Å². The first kappa shape index (κ1) is 12.6. The fourth-order valence-corrected chi connectivity index (χ4v) is 1.87. The minimum Gasteiger partial charge on any atom is -0.495 e. The molecule has 2 aromatic carbocycles. The molecule has 92 valence electrons. The first-order valence-corrected chi connectivity index (χ1v) is 5.64. The Bertz CT molecular complexity index is 596. The Kier molecular flexibility index (Phi) is 3.63. The zero-order valence-corrected chi connectivity index (χ0v) is 10.4. The average molecular weight is 265 g/mol. The van der Waals surface area contributed by atoms with Crippen LogP contribution in [0, 0.1) is 5.82 Å². The van der Waals surface area contributed by atoms with Crippen molar-refractivity contribution in [3.63, 3.8) is 0 Å². The highest BCUT2D eigenvalue weighted by molar-refractivity contribution is 6.32. The van der Waals surface area contributed by atoms with E-state index < -0.39 is 11.6 Å². The predicted octanol–water partition coefficient (Wildman–Crippen LogP) is 3.72. The van der Waals surface area contributed by atoms with Crippen LogP contribution in [0.2, 0.25) is 5.02 Å². The molecule has 0 atom stereocenters. The van der Waals surface area contributed by atoms with Crippen LogP contribution in [0.5, 0.6) is 5.75 Å². The van der Waals surface area contributed by atoms with Gasteiger partial charge in [0, 0.05) is 5.56 Å². The standard InChI is InChI=1S/C14H10ClFO2/c1-18-13-7-6-9(8-11(13)15)14(17)10-4-2-3-5-12(10)16/h2-8H,1H3. The highest BCUT2D eigenvalue weighted by Gasteiger charge is 2.14. The maximum atomic E-state index is 13.5. The minimum absolute atomic E-state index is 0.0266. The number of ketones is 1. The Labute approximate surface area is 109 Å². The van der Waals surface area contributed by atoms with Gasteiger partial charge in [0.05, 0.1) is 17.7 Å². The summed E-state index contributed by atoms with van der Waals surface area (Å²) in [5.41, 5.74) is 0.352. The SMILES string of the molecule is COc1ccc(C(=O)c2ccccc2F)cc1Cl. The molecule has 2 rings (SSSR count). The van der Waals surface area contributed by atoms with Crippen LogP contribution in [0.25, 0.3) is 0 Å². The lowest BCUT2D eigenvalue weighted by atomic mass is 10.0. The van der Waals surface area contributed by atoms with Crippen LogP contribution in [-0.4, -0.2) is 12.9 Å². The van der Waals surface area contributed by atoms with Crippen LogP contribution in [0.1, 0.15) is 15.9 Å². The van der Waals surface area contributed by atoms with Crippen molar-refractivity contribution in [1.82, 2.24) is 0 Å². The Hall–Kier alpha value is -1.87. The summed E-state index contributed by atoms with van der Waals surface area (Å²) >= 11 is 5.93. The number of carbonyl (C=O) groups excluding carboxylic acids is 1. The second-order valence-corrected chi connectivity index (χ2v) is 4.07. The van der Waals surface area contributed by atoms with E-state index in [2.05, 4.69) is 0 Å². The number of methoxy groups -OCH3 is 1. The fourth-order valence-electron chi connectivity index (χ4n) is 1.61. The first-order chi connectivity index (χ1) is 8.63. The van der Waals surface area contributed by atoms with Gasteiger partial charge in [0.15, 0.2) is 5.78 Å². The molecule has 0 N–H and O–H groups in total. The number of hydrogen-bond acceptors (Lipinski definition) is 2. The number of benzene rings is 2. The number of carbonyl (C=O) groups is 1. The Morgan fingerprint density at radius 1 is 1.22 bits per heavy atom. The topological polar surface area (TPSA) is 26.3 Å². The molecule has 2 nitrogen and oxygen atoms in total. The lowest BCUT2D eigenvalue weighted by Crippen LogP contribution is -2.04. The second kappa shape index (κ2) is 5.19. The van der Waals surface area contributed by atoms with Gasteiger partial charge in [0.2, 0.25) is 0 Å². The molecule has 0 spiro atoms. The van der Waals surface area contributed by atoms with Crippen molar-refractivity contribution in [3.8, 4) is 5.75 Å². The first-order valence-electron chi connectivity index (χ1n) is 5.26. The molecule has 0 radical (unpaired) electrons. The summed E-state index contributed by atoms with van der Waals surface area (Å²) in [4.78, 5) is 12.1. The largest absolute Gasteiger partial charge is 0.495 e. The smallest absolute Gasteiger partial charge is 0.196 e. The van der Waals surface area contributed by atoms with Crippen LogP contribution >= 0.6 is 11.6 Å². The number of ether oxygens (including phenoxy) is 1. The predicted molar refractivity (Wildman–Crippen MR) is 67.8 cm³/mol. The molecule has 0 aliphatic carbocycles. The second-order valence-electron chi connectivity index (χ2n) is 3.66. The molecule has 18 heavy (non-hydrogen) atoms. The summed E-state index contributed by atoms with van der Waals surface area (Å²) in [6, 6.07) is 10.4. The molecular formula is C14H10ClFO2. The van der Waals surface area contributed by atoms with Gasteiger partial charge in [-0.15, -0.1) is 0 Å². The van der Waals surface area contributed by atoms with E-state index in [1.54, 1.807) is 18.2 Å². The van der Waals surface area contributed by atoms with E-state index in [0.717, 1.165) is 0 Å². The summed E-state index contributed by atoms with van der Waals surface area (Å²) in [5.74, 6) is -0.478. The van der Waals surface area contributed by atoms with E-state index in [-0.39, 0.29) is 5.56 Å². The summed E-state index contributed by atoms with van der Waals surface area (Å²) in [6.07, 6.45) is 0. The molecule has 2 aromatic rings. The van der Waals surface area contributed by atoms with E-state index >= 15 is 0 Å². The lowest BCUT2D eigenvalue weighted by molar-refractivity contribution is 0.103. The summed E-state index contributed by atoms with van der Waals surface area (Å²) in [6.45, 7) is 0. The van der Waals surface area contributed by atoms with Crippen LogP contribution in [0.4, 0.5) is 4.39 Å². The summed E-state index contributed by atoms with van der Waals surface area (Å²) in [7, 11) is 1.49. The van der Waals surface area contributed by atoms with Crippen molar-refractivity contribution in [2.24, 2.45) is 0 Å². The minimum atomic E-state index is -0.547. The highest BCUT2D eigenvalue weighted by atomic mass is 35.5. The Balaban J connectivity index is 2.41. The van der Waals surface area contributed by atoms with Gasteiger partial charge in [-0.05, 0) is 30.3 Å². The van der Waals surface area contributed by atoms with Crippen molar-refractivity contribution < 1.29 is 13.9 Å². The Morgan fingerprint density at radius 3 is 2.56 bits per heavy atom. The van der Waals surface area contributed by atoms with Crippen LogP contribution < -0.4 is 4.74 Å². The van der Waals surface area contributed by atoms with Crippen LogP contribution in [-0.2, 0) is 0 Å². The molecule has 0 saturated heterocycles. The maximum Gasteiger partial charge on any atom is 0.196 e. The molecule has 0 aliphatic rings. The zero-order valence-electron chi connectivity index (χ0n) is 9.61. The molecule has 0 bridgehead atoms.